The van der Waals surface area contributed by atoms with Crippen molar-refractivity contribution >= 4 is 29.1 Å². The van der Waals surface area contributed by atoms with Crippen molar-refractivity contribution in [1.82, 2.24) is 10.0 Å². The van der Waals surface area contributed by atoms with Crippen LogP contribution in [0.5, 0.6) is 0 Å². The van der Waals surface area contributed by atoms with Gasteiger partial charge in [0.05, 0.1) is 22.7 Å². The molecule has 3 fully saturated rings. The van der Waals surface area contributed by atoms with Gasteiger partial charge in [-0.3, -0.25) is 9.59 Å². The van der Waals surface area contributed by atoms with E-state index in [-0.39, 0.29) is 28.6 Å². The third kappa shape index (κ3) is 2.37. The second kappa shape index (κ2) is 6.12. The van der Waals surface area contributed by atoms with Crippen molar-refractivity contribution in [2.75, 3.05) is 18.0 Å². The molecule has 5 rings (SSSR count). The van der Waals surface area contributed by atoms with E-state index in [1.165, 1.54) is 12.1 Å². The first-order chi connectivity index (χ1) is 13.1. The van der Waals surface area contributed by atoms with Gasteiger partial charge in [0.25, 0.3) is 5.91 Å². The fourth-order valence-corrected chi connectivity index (χ4v) is 4.76. The van der Waals surface area contributed by atoms with Crippen LogP contribution < -0.4 is 4.90 Å². The number of halogens is 2. The normalized spacial score (nSPS) is 28.1. The summed E-state index contributed by atoms with van der Waals surface area (Å²) in [6.07, 6.45) is 0.948. The number of fused-ring (bicyclic) bond motifs is 3. The number of hydrogen-bond acceptors (Lipinski definition) is 4. The van der Waals surface area contributed by atoms with E-state index in [1.54, 1.807) is 0 Å². The zero-order valence-corrected chi connectivity index (χ0v) is 15.1. The van der Waals surface area contributed by atoms with Crippen molar-refractivity contribution in [3.63, 3.8) is 0 Å². The quantitative estimate of drug-likeness (QED) is 0.745. The predicted octanol–water partition coefficient (Wildman–Crippen LogP) is 3.01. The molecular weight excluding hydrogens is 369 g/mol. The fraction of sp³-hybridized carbons (Fsp3) is 0.300. The van der Waals surface area contributed by atoms with Gasteiger partial charge in [0, 0.05) is 13.1 Å². The van der Waals surface area contributed by atoms with Crippen LogP contribution in [0.1, 0.15) is 18.0 Å². The van der Waals surface area contributed by atoms with E-state index in [0.717, 1.165) is 36.0 Å². The summed E-state index contributed by atoms with van der Waals surface area (Å²) in [5, 5.41) is 4.14. The first-order valence-corrected chi connectivity index (χ1v) is 9.37. The average molecular weight is 386 g/mol. The number of amides is 2. The summed E-state index contributed by atoms with van der Waals surface area (Å²) in [6, 6.07) is 13.1. The highest BCUT2D eigenvalue weighted by Gasteiger charge is 2.62. The minimum atomic E-state index is -0.644. The maximum absolute atomic E-state index is 13.9. The molecule has 0 bridgehead atoms. The minimum Gasteiger partial charge on any atom is -0.274 e. The van der Waals surface area contributed by atoms with Gasteiger partial charge in [-0.25, -0.2) is 19.3 Å². The summed E-state index contributed by atoms with van der Waals surface area (Å²) < 4.78 is 13.9. The van der Waals surface area contributed by atoms with Gasteiger partial charge in [0.2, 0.25) is 5.91 Å². The number of carbonyl (C=O) groups is 2. The van der Waals surface area contributed by atoms with Crippen molar-refractivity contribution in [2.24, 2.45) is 5.92 Å². The summed E-state index contributed by atoms with van der Waals surface area (Å²) in [4.78, 5) is 27.6. The molecule has 0 saturated carbocycles. The molecule has 5 nitrogen and oxygen atoms in total. The summed E-state index contributed by atoms with van der Waals surface area (Å²) in [5.74, 6) is -1.72. The first kappa shape index (κ1) is 16.9. The Morgan fingerprint density at radius 1 is 0.926 bits per heavy atom. The van der Waals surface area contributed by atoms with Crippen LogP contribution in [-0.4, -0.2) is 41.0 Å². The van der Waals surface area contributed by atoms with E-state index in [2.05, 4.69) is 5.01 Å². The van der Waals surface area contributed by atoms with Gasteiger partial charge in [-0.15, -0.1) is 0 Å². The molecular formula is C20H17ClFN3O2. The highest BCUT2D eigenvalue weighted by molar-refractivity contribution is 6.31. The van der Waals surface area contributed by atoms with Crippen molar-refractivity contribution < 1.29 is 14.0 Å². The predicted molar refractivity (Wildman–Crippen MR) is 98.4 cm³/mol. The molecule has 0 radical (unpaired) electrons. The Hall–Kier alpha value is -2.28. The minimum absolute atomic E-state index is 0.0362. The van der Waals surface area contributed by atoms with Gasteiger partial charge in [-0.05, 0) is 30.2 Å². The topological polar surface area (TPSA) is 43.9 Å². The van der Waals surface area contributed by atoms with Gasteiger partial charge in [-0.1, -0.05) is 41.9 Å². The average Bonchev–Trinajstić information content (AvgIpc) is 3.31. The Morgan fingerprint density at radius 2 is 1.63 bits per heavy atom. The lowest BCUT2D eigenvalue weighted by Crippen LogP contribution is -2.44. The molecule has 0 spiro atoms. The molecule has 27 heavy (non-hydrogen) atoms. The molecule has 2 amide bonds. The fourth-order valence-electron chi connectivity index (χ4n) is 4.64. The zero-order chi connectivity index (χ0) is 18.7. The molecule has 0 aromatic heterocycles. The molecule has 0 unspecified atom stereocenters. The van der Waals surface area contributed by atoms with Crippen LogP contribution in [0.15, 0.2) is 48.5 Å². The molecule has 0 N–H and O–H groups in total. The molecule has 3 heterocycles. The standard InChI is InChI=1S/C20H17ClFN3O2/c21-14-8-7-13(11-15(14)22)25-19(26)16-17(12-5-2-1-3-6-12)23-9-4-10-24(23)18(16)20(25)27/h1-3,5-8,11,16-18H,4,9-10H2/t16-,17+,18+/m1/s1. The zero-order valence-electron chi connectivity index (χ0n) is 14.4. The maximum Gasteiger partial charge on any atom is 0.253 e. The van der Waals surface area contributed by atoms with Crippen LogP contribution >= 0.6 is 11.6 Å². The smallest absolute Gasteiger partial charge is 0.253 e. The second-order valence-corrected chi connectivity index (χ2v) is 7.52. The Balaban J connectivity index is 1.59. The summed E-state index contributed by atoms with van der Waals surface area (Å²) in [7, 11) is 0. The van der Waals surface area contributed by atoms with E-state index >= 15 is 0 Å². The number of hydrazine groups is 1. The van der Waals surface area contributed by atoms with Crippen LogP contribution in [0.3, 0.4) is 0 Å². The monoisotopic (exact) mass is 385 g/mol. The number of nitrogens with zero attached hydrogens (tertiary/aromatic N) is 3. The van der Waals surface area contributed by atoms with E-state index in [4.69, 9.17) is 11.6 Å². The molecule has 2 aromatic carbocycles. The van der Waals surface area contributed by atoms with Gasteiger partial charge in [0.15, 0.2) is 0 Å². The number of rotatable bonds is 2. The highest BCUT2D eigenvalue weighted by atomic mass is 35.5. The molecule has 3 aliphatic heterocycles. The van der Waals surface area contributed by atoms with Crippen LogP contribution in [0.2, 0.25) is 5.02 Å². The lowest BCUT2D eigenvalue weighted by Gasteiger charge is -2.29. The molecule has 3 saturated heterocycles. The maximum atomic E-state index is 13.9. The third-order valence-corrected chi connectivity index (χ3v) is 6.01. The molecule has 3 atom stereocenters. The second-order valence-electron chi connectivity index (χ2n) is 7.12. The van der Waals surface area contributed by atoms with E-state index in [1.807, 2.05) is 35.3 Å². The van der Waals surface area contributed by atoms with Gasteiger partial charge < -0.3 is 0 Å². The van der Waals surface area contributed by atoms with Crippen molar-refractivity contribution in [3.8, 4) is 0 Å². The molecule has 3 aliphatic rings. The molecule has 2 aromatic rings. The van der Waals surface area contributed by atoms with Gasteiger partial charge >= 0.3 is 0 Å². The Morgan fingerprint density at radius 3 is 2.33 bits per heavy atom. The van der Waals surface area contributed by atoms with Crippen molar-refractivity contribution in [3.05, 3.63) is 64.9 Å². The summed E-state index contributed by atoms with van der Waals surface area (Å²) in [6.45, 7) is 1.56. The number of carbonyl (C=O) groups excluding carboxylic acids is 2. The summed E-state index contributed by atoms with van der Waals surface area (Å²) in [5.41, 5.74) is 1.25. The number of anilines is 1. The van der Waals surface area contributed by atoms with Gasteiger partial charge in [-0.2, -0.15) is 0 Å². The summed E-state index contributed by atoms with van der Waals surface area (Å²) >= 11 is 5.75. The van der Waals surface area contributed by atoms with Crippen LogP contribution in [0.4, 0.5) is 10.1 Å². The van der Waals surface area contributed by atoms with Crippen molar-refractivity contribution in [2.45, 2.75) is 18.5 Å². The SMILES string of the molecule is O=C1[C@H]2[C@@H](C(=O)N1c1ccc(Cl)c(F)c1)N1CCCN1[C@H]2c1ccccc1. The van der Waals surface area contributed by atoms with Crippen LogP contribution in [0.25, 0.3) is 0 Å². The molecule has 138 valence electrons. The van der Waals surface area contributed by atoms with Crippen LogP contribution in [-0.2, 0) is 9.59 Å². The Kier molecular flexibility index (Phi) is 3.82. The number of hydrogen-bond donors (Lipinski definition) is 0. The third-order valence-electron chi connectivity index (χ3n) is 5.71. The molecule has 0 aliphatic carbocycles. The van der Waals surface area contributed by atoms with Gasteiger partial charge in [0.1, 0.15) is 11.9 Å². The molecule has 7 heteroatoms. The first-order valence-electron chi connectivity index (χ1n) is 8.99. The lowest BCUT2D eigenvalue weighted by atomic mass is 9.90. The lowest BCUT2D eigenvalue weighted by molar-refractivity contribution is -0.126. The van der Waals surface area contributed by atoms with E-state index < -0.39 is 17.8 Å². The van der Waals surface area contributed by atoms with E-state index in [9.17, 15) is 14.0 Å². The van der Waals surface area contributed by atoms with Crippen molar-refractivity contribution in [1.29, 1.82) is 0 Å². The highest BCUT2D eigenvalue weighted by Crippen LogP contribution is 2.48. The Labute approximate surface area is 160 Å². The number of benzene rings is 2. The Bertz CT molecular complexity index is 938. The number of imide groups is 1. The van der Waals surface area contributed by atoms with E-state index in [0.29, 0.717) is 0 Å². The largest absolute Gasteiger partial charge is 0.274 e. The van der Waals surface area contributed by atoms with Crippen LogP contribution in [0, 0.1) is 11.7 Å².